The maximum Gasteiger partial charge on any atom is 0.416 e. The first kappa shape index (κ1) is 26.9. The number of benzene rings is 3. The Kier molecular flexibility index (Phi) is 6.54. The summed E-state index contributed by atoms with van der Waals surface area (Å²) in [6.07, 6.45) is -2.89. The molecule has 4 nitrogen and oxygen atoms in total. The smallest absolute Gasteiger partial charge is 0.416 e. The van der Waals surface area contributed by atoms with Crippen LogP contribution in [0.1, 0.15) is 36.1 Å². The van der Waals surface area contributed by atoms with Gasteiger partial charge in [-0.3, -0.25) is 4.98 Å². The molecule has 0 aliphatic carbocycles. The fourth-order valence-electron chi connectivity index (χ4n) is 5.26. The van der Waals surface area contributed by atoms with E-state index in [1.807, 2.05) is 48.2 Å². The van der Waals surface area contributed by atoms with Crippen molar-refractivity contribution in [3.63, 3.8) is 0 Å². The largest absolute Gasteiger partial charge is 0.506 e. The molecule has 1 aliphatic rings. The molecule has 1 N–H and O–H groups in total. The van der Waals surface area contributed by atoms with Gasteiger partial charge in [-0.25, -0.2) is 4.98 Å². The number of aromatic hydroxyl groups is 1. The maximum absolute atomic E-state index is 14.1. The third kappa shape index (κ3) is 4.39. The zero-order valence-electron chi connectivity index (χ0n) is 21.2. The molecule has 0 saturated heterocycles. The van der Waals surface area contributed by atoms with Crippen LogP contribution in [0.15, 0.2) is 79.0 Å². The molecule has 8 heteroatoms. The van der Waals surface area contributed by atoms with Crippen LogP contribution in [0.2, 0.25) is 0 Å². The molecule has 2 aromatic heterocycles. The van der Waals surface area contributed by atoms with Gasteiger partial charge in [-0.15, -0.1) is 23.8 Å². The number of phenolic OH excluding ortho intramolecular Hbond substituents is 1. The van der Waals surface area contributed by atoms with E-state index >= 15 is 0 Å². The van der Waals surface area contributed by atoms with Gasteiger partial charge in [0.2, 0.25) is 0 Å². The second kappa shape index (κ2) is 9.49. The number of anilines is 3. The molecule has 0 fully saturated rings. The van der Waals surface area contributed by atoms with E-state index in [4.69, 9.17) is 0 Å². The normalized spacial score (nSPS) is 13.9. The Hall–Kier alpha value is -3.70. The standard InChI is InChI=1S/C31H23F3N3O.Pt/c1-18-13-14-35-28(15-18)37-25-9-5-4-8-21(25)30(2,3)22-12-11-19(16-26(22)37)24-17-23(31(32,33)34)20-7-6-10-27(38)29(20)36-24;/h4-15,17,38H,1-3H3;/q-1;. The average Bonchev–Trinajstić information content (AvgIpc) is 2.88. The number of pyridine rings is 2. The van der Waals surface area contributed by atoms with Gasteiger partial charge < -0.3 is 10.0 Å². The van der Waals surface area contributed by atoms with Gasteiger partial charge in [0.15, 0.2) is 0 Å². The van der Waals surface area contributed by atoms with Gasteiger partial charge in [0.05, 0.1) is 5.56 Å². The van der Waals surface area contributed by atoms with Crippen LogP contribution < -0.4 is 4.90 Å². The van der Waals surface area contributed by atoms with E-state index in [0.29, 0.717) is 17.1 Å². The maximum atomic E-state index is 14.1. The fourth-order valence-corrected chi connectivity index (χ4v) is 5.26. The van der Waals surface area contributed by atoms with Gasteiger partial charge in [0.1, 0.15) is 17.1 Å². The Balaban J connectivity index is 0.00000308. The minimum Gasteiger partial charge on any atom is -0.506 e. The summed E-state index contributed by atoms with van der Waals surface area (Å²) in [4.78, 5) is 11.1. The second-order valence-electron chi connectivity index (χ2n) is 10.0. The third-order valence-electron chi connectivity index (χ3n) is 7.17. The molecule has 0 saturated carbocycles. The number of hydrogen-bond donors (Lipinski definition) is 1. The number of fused-ring (bicyclic) bond motifs is 3. The summed E-state index contributed by atoms with van der Waals surface area (Å²) >= 11 is 0. The Morgan fingerprint density at radius 3 is 2.44 bits per heavy atom. The van der Waals surface area contributed by atoms with Crippen LogP contribution in [0.5, 0.6) is 5.75 Å². The van der Waals surface area contributed by atoms with Crippen LogP contribution in [-0.4, -0.2) is 15.1 Å². The monoisotopic (exact) mass is 705 g/mol. The van der Waals surface area contributed by atoms with E-state index in [9.17, 15) is 18.3 Å². The number of rotatable bonds is 2. The molecule has 0 amide bonds. The average molecular weight is 706 g/mol. The number of phenols is 1. The molecule has 5 aromatic rings. The Morgan fingerprint density at radius 2 is 1.69 bits per heavy atom. The molecular formula is C31H23F3N3OPt-. The summed E-state index contributed by atoms with van der Waals surface area (Å²) in [7, 11) is 0. The number of hydrogen-bond acceptors (Lipinski definition) is 4. The third-order valence-corrected chi connectivity index (χ3v) is 7.17. The van der Waals surface area contributed by atoms with Crippen LogP contribution in [0, 0.1) is 13.0 Å². The van der Waals surface area contributed by atoms with Crippen molar-refractivity contribution in [3.8, 4) is 17.0 Å². The van der Waals surface area contributed by atoms with Crippen molar-refractivity contribution >= 4 is 28.1 Å². The topological polar surface area (TPSA) is 49.2 Å². The first-order chi connectivity index (χ1) is 18.1. The van der Waals surface area contributed by atoms with Crippen molar-refractivity contribution in [1.29, 1.82) is 0 Å². The summed E-state index contributed by atoms with van der Waals surface area (Å²) in [5, 5.41) is 10.2. The predicted octanol–water partition coefficient (Wildman–Crippen LogP) is 8.24. The van der Waals surface area contributed by atoms with E-state index in [0.717, 1.165) is 28.4 Å². The van der Waals surface area contributed by atoms with Crippen molar-refractivity contribution in [2.75, 3.05) is 4.90 Å². The van der Waals surface area contributed by atoms with Gasteiger partial charge in [-0.1, -0.05) is 55.8 Å². The fraction of sp³-hybridized carbons (Fsp3) is 0.161. The first-order valence-corrected chi connectivity index (χ1v) is 12.1. The number of aryl methyl sites for hydroxylation is 1. The zero-order chi connectivity index (χ0) is 26.8. The van der Waals surface area contributed by atoms with Gasteiger partial charge in [0, 0.05) is 38.3 Å². The van der Waals surface area contributed by atoms with E-state index in [1.165, 1.54) is 18.2 Å². The summed E-state index contributed by atoms with van der Waals surface area (Å²) < 4.78 is 42.2. The van der Waals surface area contributed by atoms with E-state index in [1.54, 1.807) is 12.3 Å². The van der Waals surface area contributed by atoms with Gasteiger partial charge in [-0.05, 0) is 59.1 Å². The molecule has 3 heterocycles. The minimum absolute atomic E-state index is 0. The van der Waals surface area contributed by atoms with Crippen molar-refractivity contribution in [1.82, 2.24) is 9.97 Å². The van der Waals surface area contributed by atoms with Crippen LogP contribution in [-0.2, 0) is 32.7 Å². The molecule has 200 valence electrons. The first-order valence-electron chi connectivity index (χ1n) is 12.1. The van der Waals surface area contributed by atoms with Gasteiger partial charge >= 0.3 is 6.18 Å². The molecule has 6 rings (SSSR count). The van der Waals surface area contributed by atoms with Crippen molar-refractivity contribution < 1.29 is 39.3 Å². The summed E-state index contributed by atoms with van der Waals surface area (Å²) in [6, 6.07) is 24.0. The van der Waals surface area contributed by atoms with Crippen LogP contribution >= 0.6 is 0 Å². The Bertz CT molecular complexity index is 1730. The van der Waals surface area contributed by atoms with Crippen molar-refractivity contribution in [2.24, 2.45) is 0 Å². The molecule has 39 heavy (non-hydrogen) atoms. The van der Waals surface area contributed by atoms with Crippen LogP contribution in [0.25, 0.3) is 22.2 Å². The number of para-hydroxylation sites is 2. The van der Waals surface area contributed by atoms with Crippen LogP contribution in [0.3, 0.4) is 0 Å². The van der Waals surface area contributed by atoms with Crippen LogP contribution in [0.4, 0.5) is 30.4 Å². The number of halogens is 3. The molecule has 0 radical (unpaired) electrons. The minimum atomic E-state index is -4.63. The second-order valence-corrected chi connectivity index (χ2v) is 10.0. The molecular weight excluding hydrogens is 682 g/mol. The molecule has 0 bridgehead atoms. The van der Waals surface area contributed by atoms with Crippen molar-refractivity contribution in [3.05, 3.63) is 107 Å². The Labute approximate surface area is 238 Å². The number of alkyl halides is 3. The van der Waals surface area contributed by atoms with E-state index < -0.39 is 17.2 Å². The summed E-state index contributed by atoms with van der Waals surface area (Å²) in [5.41, 5.74) is 3.80. The summed E-state index contributed by atoms with van der Waals surface area (Å²) in [6.45, 7) is 6.22. The van der Waals surface area contributed by atoms with Crippen molar-refractivity contribution in [2.45, 2.75) is 32.4 Å². The van der Waals surface area contributed by atoms with E-state index in [2.05, 4.69) is 35.9 Å². The molecule has 3 aromatic carbocycles. The SMILES string of the molecule is Cc1ccnc(N2c3[c-]c(-c4cc(C(F)(F)F)c5cccc(O)c5n4)ccc3C(C)(C)c3ccccc32)c1.[Pt]. The molecule has 0 spiro atoms. The molecule has 1 aliphatic heterocycles. The molecule has 0 atom stereocenters. The summed E-state index contributed by atoms with van der Waals surface area (Å²) in [5.74, 6) is 0.371. The zero-order valence-corrected chi connectivity index (χ0v) is 23.5. The molecule has 0 unspecified atom stereocenters. The van der Waals surface area contributed by atoms with Gasteiger partial charge in [0.25, 0.3) is 0 Å². The predicted molar refractivity (Wildman–Crippen MR) is 142 cm³/mol. The number of aromatic nitrogens is 2. The van der Waals surface area contributed by atoms with E-state index in [-0.39, 0.29) is 43.4 Å². The Morgan fingerprint density at radius 1 is 0.923 bits per heavy atom. The number of nitrogens with zero attached hydrogens (tertiary/aromatic N) is 3. The van der Waals surface area contributed by atoms with Gasteiger partial charge in [-0.2, -0.15) is 13.2 Å². The quantitative estimate of drug-likeness (QED) is 0.188.